The van der Waals surface area contributed by atoms with Crippen LogP contribution in [0, 0.1) is 0 Å². The van der Waals surface area contributed by atoms with Gasteiger partial charge in [-0.05, 0) is 71.8 Å². The Morgan fingerprint density at radius 3 is 1.90 bits per heavy atom. The molecule has 7 aromatic rings. The molecule has 0 bridgehead atoms. The van der Waals surface area contributed by atoms with Crippen LogP contribution in [-0.2, 0) is 10.9 Å². The first-order valence-corrected chi connectivity index (χ1v) is 16.0. The van der Waals surface area contributed by atoms with Gasteiger partial charge in [0.05, 0.1) is 10.8 Å². The number of fused-ring (bicyclic) bond motifs is 4. The third-order valence-electron chi connectivity index (χ3n) is 7.54. The topological polar surface area (TPSA) is 26.3 Å². The summed E-state index contributed by atoms with van der Waals surface area (Å²) < 4.78 is 8.58. The molecule has 0 N–H and O–H groups in total. The van der Waals surface area contributed by atoms with E-state index in [9.17, 15) is 4.79 Å². The monoisotopic (exact) mass is 564 g/mol. The maximum absolute atomic E-state index is 13.6. The van der Waals surface area contributed by atoms with Gasteiger partial charge in [0.15, 0.2) is 30.7 Å². The molecule has 0 saturated heterocycles. The summed E-state index contributed by atoms with van der Waals surface area (Å²) in [6, 6.07) is 50.5. The predicted octanol–water partition coefficient (Wildman–Crippen LogP) is 9.96. The van der Waals surface area contributed by atoms with Crippen LogP contribution in [0.4, 0.5) is 0 Å². The second-order valence-electron chi connectivity index (χ2n) is 9.99. The van der Waals surface area contributed by atoms with Crippen molar-refractivity contribution in [3.05, 3.63) is 156 Å². The summed E-state index contributed by atoms with van der Waals surface area (Å²) in [4.78, 5) is 18.5. The molecular formula is C37H24O2S2+2. The summed E-state index contributed by atoms with van der Waals surface area (Å²) in [5.74, 6) is 1.81. The van der Waals surface area contributed by atoms with E-state index in [1.165, 1.54) is 19.6 Å². The molecule has 6 aromatic carbocycles. The lowest BCUT2D eigenvalue weighted by Crippen LogP contribution is -2.12. The lowest BCUT2D eigenvalue weighted by molar-refractivity contribution is 0.453. The molecule has 0 aliphatic carbocycles. The molecule has 0 amide bonds. The Bertz CT molecular complexity index is 2150. The van der Waals surface area contributed by atoms with E-state index >= 15 is 0 Å². The Morgan fingerprint density at radius 1 is 0.463 bits per heavy atom. The lowest BCUT2D eigenvalue weighted by atomic mass is 10.0. The molecule has 8 rings (SSSR count). The van der Waals surface area contributed by atoms with E-state index in [0.717, 1.165) is 42.8 Å². The first-order chi connectivity index (χ1) is 20.3. The van der Waals surface area contributed by atoms with Crippen molar-refractivity contribution in [2.75, 3.05) is 0 Å². The van der Waals surface area contributed by atoms with Crippen LogP contribution in [0.25, 0.3) is 36.2 Å². The summed E-state index contributed by atoms with van der Waals surface area (Å²) in [5.41, 5.74) is 2.32. The molecule has 41 heavy (non-hydrogen) atoms. The zero-order chi connectivity index (χ0) is 27.3. The highest BCUT2D eigenvalue weighted by Crippen LogP contribution is 2.49. The molecule has 1 aliphatic rings. The van der Waals surface area contributed by atoms with E-state index in [2.05, 4.69) is 109 Å². The van der Waals surface area contributed by atoms with Crippen LogP contribution >= 0.6 is 10.5 Å². The first-order valence-electron chi connectivity index (χ1n) is 13.5. The van der Waals surface area contributed by atoms with Crippen LogP contribution in [0.3, 0.4) is 0 Å². The van der Waals surface area contributed by atoms with Crippen LogP contribution in [0.5, 0.6) is 11.5 Å². The van der Waals surface area contributed by atoms with Crippen molar-refractivity contribution >= 4 is 41.5 Å². The van der Waals surface area contributed by atoms with Crippen LogP contribution in [-0.4, -0.2) is 0 Å². The van der Waals surface area contributed by atoms with Crippen molar-refractivity contribution in [1.29, 1.82) is 0 Å². The quantitative estimate of drug-likeness (QED) is 0.158. The Morgan fingerprint density at radius 2 is 1.07 bits per heavy atom. The SMILES string of the molecule is O=c1c2ccccc2[s+](-c2ccccc2)c2cc(-c3ccc4c(c3)[S+](c3ccccc3)c3ccccc3O4)ccc12. The Balaban J connectivity index is 1.36. The Hall–Kier alpha value is -4.64. The molecule has 2 unspecified atom stereocenters. The normalized spacial score (nSPS) is 14.3. The maximum Gasteiger partial charge on any atom is 0.209 e. The van der Waals surface area contributed by atoms with Gasteiger partial charge in [0.25, 0.3) is 0 Å². The molecule has 1 aromatic heterocycles. The summed E-state index contributed by atoms with van der Waals surface area (Å²) in [7, 11) is -0.668. The molecule has 194 valence electrons. The van der Waals surface area contributed by atoms with E-state index in [4.69, 9.17) is 4.74 Å². The Kier molecular flexibility index (Phi) is 5.76. The second-order valence-corrected chi connectivity index (χ2v) is 13.9. The number of hydrogen-bond donors (Lipinski definition) is 0. The highest BCUT2D eigenvalue weighted by molar-refractivity contribution is 7.97. The minimum absolute atomic E-state index is 0.0999. The first kappa shape index (κ1) is 24.2. The number of rotatable bonds is 3. The van der Waals surface area contributed by atoms with Gasteiger partial charge in [-0.15, -0.1) is 0 Å². The van der Waals surface area contributed by atoms with Gasteiger partial charge in [0.1, 0.15) is 10.9 Å². The van der Waals surface area contributed by atoms with Crippen molar-refractivity contribution in [2.24, 2.45) is 0 Å². The molecule has 0 fully saturated rings. The van der Waals surface area contributed by atoms with E-state index < -0.39 is 0 Å². The third kappa shape index (κ3) is 3.99. The molecule has 2 nitrogen and oxygen atoms in total. The summed E-state index contributed by atoms with van der Waals surface area (Å²) in [5, 5.41) is 1.59. The molecular weight excluding hydrogens is 541 g/mol. The predicted molar refractivity (Wildman–Crippen MR) is 172 cm³/mol. The van der Waals surface area contributed by atoms with Crippen LogP contribution in [0.1, 0.15) is 0 Å². The van der Waals surface area contributed by atoms with Crippen molar-refractivity contribution in [3.63, 3.8) is 0 Å². The molecule has 0 spiro atoms. The van der Waals surface area contributed by atoms with E-state index in [1.807, 2.05) is 36.4 Å². The standard InChI is InChI=1S/C37H24O2S2/c38-37-29-15-7-9-17-33(29)40(27-11-3-1-4-12-27)35-23-25(19-21-30(35)37)26-20-22-32-36(24-26)41(28-13-5-2-6-14-28)34-18-10-8-16-31(34)39-32/h1-24H/q+2. The summed E-state index contributed by atoms with van der Waals surface area (Å²) in [6.07, 6.45) is 0. The zero-order valence-electron chi connectivity index (χ0n) is 22.0. The van der Waals surface area contributed by atoms with E-state index in [0.29, 0.717) is 0 Å². The van der Waals surface area contributed by atoms with E-state index in [-0.39, 0.29) is 26.8 Å². The highest BCUT2D eigenvalue weighted by Gasteiger charge is 2.39. The smallest absolute Gasteiger partial charge is 0.209 e. The average Bonchev–Trinajstić information content (AvgIpc) is 3.04. The van der Waals surface area contributed by atoms with Gasteiger partial charge < -0.3 is 4.74 Å². The van der Waals surface area contributed by atoms with Crippen molar-refractivity contribution < 1.29 is 4.74 Å². The minimum Gasteiger partial charge on any atom is -0.447 e. The van der Waals surface area contributed by atoms with Crippen LogP contribution < -0.4 is 10.2 Å². The van der Waals surface area contributed by atoms with Gasteiger partial charge >= 0.3 is 0 Å². The number of benzene rings is 6. The Labute approximate surface area is 243 Å². The van der Waals surface area contributed by atoms with Crippen LogP contribution in [0.15, 0.2) is 165 Å². The van der Waals surface area contributed by atoms with Gasteiger partial charge in [-0.1, -0.05) is 72.8 Å². The molecule has 2 atom stereocenters. The zero-order valence-corrected chi connectivity index (χ0v) is 23.6. The molecule has 4 heteroatoms. The average molecular weight is 565 g/mol. The van der Waals surface area contributed by atoms with Gasteiger partial charge in [-0.3, -0.25) is 4.79 Å². The van der Waals surface area contributed by atoms with E-state index in [1.54, 1.807) is 0 Å². The van der Waals surface area contributed by atoms with Gasteiger partial charge in [0, 0.05) is 22.6 Å². The van der Waals surface area contributed by atoms with Gasteiger partial charge in [0.2, 0.25) is 15.2 Å². The van der Waals surface area contributed by atoms with Crippen LogP contribution in [0.2, 0.25) is 0 Å². The molecule has 2 heterocycles. The maximum atomic E-state index is 13.6. The van der Waals surface area contributed by atoms with Crippen molar-refractivity contribution in [1.82, 2.24) is 0 Å². The fourth-order valence-corrected chi connectivity index (χ4v) is 10.3. The highest BCUT2D eigenvalue weighted by atomic mass is 32.2. The summed E-state index contributed by atoms with van der Waals surface area (Å²) >= 11 is 0. The van der Waals surface area contributed by atoms with Crippen molar-refractivity contribution in [3.8, 4) is 27.5 Å². The van der Waals surface area contributed by atoms with Crippen molar-refractivity contribution in [2.45, 2.75) is 14.7 Å². The number of para-hydroxylation sites is 1. The second kappa shape index (κ2) is 9.77. The number of ether oxygens (including phenoxy) is 1. The molecule has 1 aliphatic heterocycles. The third-order valence-corrected chi connectivity index (χ3v) is 12.1. The largest absolute Gasteiger partial charge is 0.447 e. The fraction of sp³-hybridized carbons (Fsp3) is 0. The molecule has 0 radical (unpaired) electrons. The van der Waals surface area contributed by atoms with Gasteiger partial charge in [-0.25, -0.2) is 0 Å². The fourth-order valence-electron chi connectivity index (χ4n) is 5.65. The molecule has 0 saturated carbocycles. The van der Waals surface area contributed by atoms with Gasteiger partial charge in [-0.2, -0.15) is 0 Å². The minimum atomic E-state index is -0.375. The lowest BCUT2D eigenvalue weighted by Gasteiger charge is -2.20. The number of hydrogen-bond acceptors (Lipinski definition) is 2. The summed E-state index contributed by atoms with van der Waals surface area (Å²) in [6.45, 7) is 0.